The number of hydrogen-bond donors (Lipinski definition) is 1. The Morgan fingerprint density at radius 3 is 2.79 bits per heavy atom. The van der Waals surface area contributed by atoms with Crippen LogP contribution in [0, 0.1) is 11.3 Å². The summed E-state index contributed by atoms with van der Waals surface area (Å²) in [5, 5.41) is 0. The summed E-state index contributed by atoms with van der Waals surface area (Å²) in [6.45, 7) is 4.04. The molecule has 1 aliphatic carbocycles. The molecule has 1 aliphatic heterocycles. The molecule has 2 rings (SSSR count). The first-order valence-electron chi connectivity index (χ1n) is 7.61. The quantitative estimate of drug-likeness (QED) is 0.762. The van der Waals surface area contributed by atoms with Gasteiger partial charge in [-0.3, -0.25) is 4.79 Å². The largest absolute Gasteiger partial charge is 0.393 e. The van der Waals surface area contributed by atoms with Crippen molar-refractivity contribution in [2.45, 2.75) is 58.3 Å². The maximum atomic E-state index is 12.2. The van der Waals surface area contributed by atoms with Crippen LogP contribution < -0.4 is 5.73 Å². The smallest absolute Gasteiger partial charge is 0.222 e. The molecule has 1 amide bonds. The Balaban J connectivity index is 1.89. The fraction of sp³-hybridized carbons (Fsp3) is 0.867. The fourth-order valence-corrected chi connectivity index (χ4v) is 3.61. The summed E-state index contributed by atoms with van der Waals surface area (Å²) in [5.74, 6) is 1.08. The molecule has 0 aromatic carbocycles. The maximum Gasteiger partial charge on any atom is 0.222 e. The van der Waals surface area contributed by atoms with Crippen LogP contribution in [0.5, 0.6) is 0 Å². The van der Waals surface area contributed by atoms with Crippen molar-refractivity contribution in [3.05, 3.63) is 0 Å². The third-order valence-corrected chi connectivity index (χ3v) is 4.80. The first kappa shape index (κ1) is 14.8. The number of likely N-dealkylation sites (tertiary alicyclic amines) is 1. The second kappa shape index (κ2) is 6.21. The van der Waals surface area contributed by atoms with Crippen molar-refractivity contribution in [1.29, 1.82) is 0 Å². The van der Waals surface area contributed by atoms with Gasteiger partial charge in [-0.05, 0) is 37.0 Å². The Kier molecular flexibility index (Phi) is 4.82. The Labute approximate surface area is 121 Å². The highest BCUT2D eigenvalue weighted by Crippen LogP contribution is 2.49. The molecule has 1 saturated carbocycles. The molecule has 2 N–H and O–H groups in total. The number of rotatable bonds is 6. The van der Waals surface area contributed by atoms with Crippen LogP contribution in [0.15, 0.2) is 0 Å². The SMILES string of the molecule is CCCC1CCC(=O)N(CC2(CC(N)=S)CC2)CC1. The molecule has 1 saturated heterocycles. The zero-order valence-corrected chi connectivity index (χ0v) is 12.8. The molecule has 0 radical (unpaired) electrons. The van der Waals surface area contributed by atoms with Gasteiger partial charge in [-0.2, -0.15) is 0 Å². The molecule has 0 aromatic rings. The average Bonchev–Trinajstić information content (AvgIpc) is 3.10. The summed E-state index contributed by atoms with van der Waals surface area (Å²) in [5.41, 5.74) is 5.91. The normalized spacial score (nSPS) is 26.1. The number of hydrogen-bond acceptors (Lipinski definition) is 2. The predicted octanol–water partition coefficient (Wildman–Crippen LogP) is 2.87. The summed E-state index contributed by atoms with van der Waals surface area (Å²) in [4.78, 5) is 14.9. The van der Waals surface area contributed by atoms with E-state index in [2.05, 4.69) is 11.8 Å². The summed E-state index contributed by atoms with van der Waals surface area (Å²) in [6, 6.07) is 0. The molecule has 2 fully saturated rings. The second-order valence-electron chi connectivity index (χ2n) is 6.44. The monoisotopic (exact) mass is 282 g/mol. The van der Waals surface area contributed by atoms with Crippen LogP contribution in [-0.4, -0.2) is 28.9 Å². The van der Waals surface area contributed by atoms with E-state index < -0.39 is 0 Å². The molecule has 0 aromatic heterocycles. The van der Waals surface area contributed by atoms with Gasteiger partial charge in [0, 0.05) is 25.9 Å². The van der Waals surface area contributed by atoms with E-state index in [0.717, 1.165) is 38.3 Å². The minimum absolute atomic E-state index is 0.228. The van der Waals surface area contributed by atoms with Crippen molar-refractivity contribution in [3.8, 4) is 0 Å². The molecular weight excluding hydrogens is 256 g/mol. The number of thiocarbonyl (C=S) groups is 1. The van der Waals surface area contributed by atoms with Gasteiger partial charge in [-0.15, -0.1) is 0 Å². The third-order valence-electron chi connectivity index (χ3n) is 4.66. The molecule has 1 unspecified atom stereocenters. The molecule has 0 bridgehead atoms. The van der Waals surface area contributed by atoms with E-state index in [1.165, 1.54) is 32.1 Å². The molecule has 19 heavy (non-hydrogen) atoms. The lowest BCUT2D eigenvalue weighted by atomic mass is 9.96. The molecule has 108 valence electrons. The van der Waals surface area contributed by atoms with Crippen molar-refractivity contribution in [1.82, 2.24) is 4.90 Å². The van der Waals surface area contributed by atoms with Gasteiger partial charge in [0.15, 0.2) is 0 Å². The van der Waals surface area contributed by atoms with E-state index in [1.807, 2.05) is 0 Å². The Bertz CT molecular complexity index is 352. The van der Waals surface area contributed by atoms with Gasteiger partial charge in [-0.25, -0.2) is 0 Å². The van der Waals surface area contributed by atoms with Crippen LogP contribution in [0.2, 0.25) is 0 Å². The number of amides is 1. The lowest BCUT2D eigenvalue weighted by Gasteiger charge is -2.26. The summed E-state index contributed by atoms with van der Waals surface area (Å²) in [6.07, 6.45) is 8.62. The van der Waals surface area contributed by atoms with Crippen LogP contribution in [0.25, 0.3) is 0 Å². The van der Waals surface area contributed by atoms with E-state index in [1.54, 1.807) is 0 Å². The summed E-state index contributed by atoms with van der Waals surface area (Å²) >= 11 is 5.04. The standard InChI is InChI=1S/C15H26N2OS/c1-2-3-12-4-5-14(18)17(9-6-12)11-15(7-8-15)10-13(16)19/h12H,2-11H2,1H3,(H2,16,19). The van der Waals surface area contributed by atoms with Crippen LogP contribution in [-0.2, 0) is 4.79 Å². The van der Waals surface area contributed by atoms with Crippen LogP contribution in [0.3, 0.4) is 0 Å². The molecule has 1 heterocycles. The first-order chi connectivity index (χ1) is 9.04. The zero-order chi connectivity index (χ0) is 13.9. The molecule has 1 atom stereocenters. The summed E-state index contributed by atoms with van der Waals surface area (Å²) < 4.78 is 0. The van der Waals surface area contributed by atoms with E-state index in [4.69, 9.17) is 18.0 Å². The Morgan fingerprint density at radius 1 is 1.47 bits per heavy atom. The van der Waals surface area contributed by atoms with Gasteiger partial charge in [0.25, 0.3) is 0 Å². The van der Waals surface area contributed by atoms with Crippen molar-refractivity contribution < 1.29 is 4.79 Å². The topological polar surface area (TPSA) is 46.3 Å². The average molecular weight is 282 g/mol. The Hall–Kier alpha value is -0.640. The molecule has 0 spiro atoms. The van der Waals surface area contributed by atoms with E-state index >= 15 is 0 Å². The van der Waals surface area contributed by atoms with Crippen molar-refractivity contribution in [3.63, 3.8) is 0 Å². The number of carbonyl (C=O) groups excluding carboxylic acids is 1. The van der Waals surface area contributed by atoms with E-state index in [9.17, 15) is 4.79 Å². The highest BCUT2D eigenvalue weighted by molar-refractivity contribution is 7.80. The van der Waals surface area contributed by atoms with Gasteiger partial charge < -0.3 is 10.6 Å². The Morgan fingerprint density at radius 2 is 2.21 bits per heavy atom. The number of nitrogens with zero attached hydrogens (tertiary/aromatic N) is 1. The van der Waals surface area contributed by atoms with Gasteiger partial charge in [0.1, 0.15) is 0 Å². The molecule has 2 aliphatic rings. The third kappa shape index (κ3) is 4.16. The van der Waals surface area contributed by atoms with Gasteiger partial charge in [0.2, 0.25) is 5.91 Å². The number of carbonyl (C=O) groups is 1. The van der Waals surface area contributed by atoms with E-state index in [-0.39, 0.29) is 5.41 Å². The summed E-state index contributed by atoms with van der Waals surface area (Å²) in [7, 11) is 0. The van der Waals surface area contributed by atoms with Gasteiger partial charge in [0.05, 0.1) is 4.99 Å². The lowest BCUT2D eigenvalue weighted by molar-refractivity contribution is -0.131. The molecular formula is C15H26N2OS. The zero-order valence-electron chi connectivity index (χ0n) is 12.0. The minimum atomic E-state index is 0.228. The van der Waals surface area contributed by atoms with Gasteiger partial charge >= 0.3 is 0 Å². The highest BCUT2D eigenvalue weighted by Gasteiger charge is 2.45. The minimum Gasteiger partial charge on any atom is -0.393 e. The van der Waals surface area contributed by atoms with Gasteiger partial charge in [-0.1, -0.05) is 32.0 Å². The van der Waals surface area contributed by atoms with Crippen molar-refractivity contribution >= 4 is 23.1 Å². The predicted molar refractivity (Wildman–Crippen MR) is 81.9 cm³/mol. The van der Waals surface area contributed by atoms with Crippen LogP contribution >= 0.6 is 12.2 Å². The lowest BCUT2D eigenvalue weighted by Crippen LogP contribution is -2.37. The van der Waals surface area contributed by atoms with Crippen molar-refractivity contribution in [2.24, 2.45) is 17.1 Å². The second-order valence-corrected chi connectivity index (χ2v) is 6.96. The first-order valence-corrected chi connectivity index (χ1v) is 8.01. The van der Waals surface area contributed by atoms with Crippen molar-refractivity contribution in [2.75, 3.05) is 13.1 Å². The van der Waals surface area contributed by atoms with Crippen LogP contribution in [0.1, 0.15) is 58.3 Å². The molecule has 4 heteroatoms. The highest BCUT2D eigenvalue weighted by atomic mass is 32.1. The van der Waals surface area contributed by atoms with E-state index in [0.29, 0.717) is 10.9 Å². The number of nitrogens with two attached hydrogens (primary N) is 1. The molecule has 3 nitrogen and oxygen atoms in total. The fourth-order valence-electron chi connectivity index (χ4n) is 3.30. The maximum absolute atomic E-state index is 12.2. The van der Waals surface area contributed by atoms with Crippen LogP contribution in [0.4, 0.5) is 0 Å².